The summed E-state index contributed by atoms with van der Waals surface area (Å²) in [6.45, 7) is 1.09. The van der Waals surface area contributed by atoms with Gasteiger partial charge in [0, 0.05) is 6.20 Å². The number of halogens is 5. The molecule has 0 aliphatic heterocycles. The first kappa shape index (κ1) is 25.8. The molecule has 3 rings (SSSR count). The van der Waals surface area contributed by atoms with Gasteiger partial charge in [0.2, 0.25) is 0 Å². The van der Waals surface area contributed by atoms with Crippen molar-refractivity contribution in [3.05, 3.63) is 87.0 Å². The molecule has 0 saturated heterocycles. The predicted octanol–water partition coefficient (Wildman–Crippen LogP) is 5.90. The van der Waals surface area contributed by atoms with Crippen molar-refractivity contribution in [2.75, 3.05) is 11.4 Å². The van der Waals surface area contributed by atoms with E-state index in [1.165, 1.54) is 49.7 Å². The highest BCUT2D eigenvalue weighted by molar-refractivity contribution is 7.92. The summed E-state index contributed by atoms with van der Waals surface area (Å²) in [5.41, 5.74) is -0.552. The number of carbonyl (C=O) groups is 1. The van der Waals surface area contributed by atoms with Gasteiger partial charge in [-0.3, -0.25) is 0 Å². The molecule has 3 aromatic rings. The van der Waals surface area contributed by atoms with Gasteiger partial charge in [0.25, 0.3) is 10.0 Å². The summed E-state index contributed by atoms with van der Waals surface area (Å²) in [5, 5.41) is -0.253. The fraction of sp³-hybridized carbons (Fsp3) is 0.182. The standard InChI is InChI=1S/C22H17Cl2F3N2O4S/c1-13-9-16(23)11-28-20(13)29(12-14-3-8-19(24)18(10-14)22(25,26)27)34(31,32)17-6-4-15(5-7-17)21(30)33-2/h3-11H,12H2,1-2H3. The number of esters is 1. The average Bonchev–Trinajstić information content (AvgIpc) is 2.77. The first-order valence-electron chi connectivity index (χ1n) is 9.53. The molecule has 0 unspecified atom stereocenters. The Hall–Kier alpha value is -2.82. The lowest BCUT2D eigenvalue weighted by Crippen LogP contribution is -2.32. The van der Waals surface area contributed by atoms with E-state index in [-0.39, 0.29) is 26.9 Å². The molecular weight excluding hydrogens is 516 g/mol. The zero-order valence-electron chi connectivity index (χ0n) is 17.7. The van der Waals surface area contributed by atoms with E-state index in [4.69, 9.17) is 23.2 Å². The first-order chi connectivity index (χ1) is 15.8. The Morgan fingerprint density at radius 1 is 1.09 bits per heavy atom. The lowest BCUT2D eigenvalue weighted by atomic mass is 10.1. The molecule has 0 atom stereocenters. The molecule has 0 bridgehead atoms. The molecule has 0 aliphatic carbocycles. The SMILES string of the molecule is COC(=O)c1ccc(S(=O)(=O)N(Cc2ccc(Cl)c(C(F)(F)F)c2)c2ncc(Cl)cc2C)cc1. The van der Waals surface area contributed by atoms with Crippen LogP contribution >= 0.6 is 23.2 Å². The predicted molar refractivity (Wildman–Crippen MR) is 122 cm³/mol. The summed E-state index contributed by atoms with van der Waals surface area (Å²) < 4.78 is 72.6. The molecule has 0 fully saturated rings. The van der Waals surface area contributed by atoms with Crippen molar-refractivity contribution in [1.82, 2.24) is 4.98 Å². The number of benzene rings is 2. The minimum absolute atomic E-state index is 0.0232. The summed E-state index contributed by atoms with van der Waals surface area (Å²) in [6.07, 6.45) is -3.50. The summed E-state index contributed by atoms with van der Waals surface area (Å²) in [7, 11) is -3.15. The van der Waals surface area contributed by atoms with Gasteiger partial charge in [-0.25, -0.2) is 22.5 Å². The molecule has 0 saturated carbocycles. The topological polar surface area (TPSA) is 76.6 Å². The van der Waals surface area contributed by atoms with Crippen molar-refractivity contribution < 1.29 is 31.1 Å². The number of ether oxygens (including phenoxy) is 1. The minimum Gasteiger partial charge on any atom is -0.465 e. The van der Waals surface area contributed by atoms with E-state index in [1.54, 1.807) is 6.92 Å². The normalized spacial score (nSPS) is 11.9. The number of pyridine rings is 1. The molecule has 0 aliphatic rings. The second kappa shape index (κ2) is 9.81. The quantitative estimate of drug-likeness (QED) is 0.369. The monoisotopic (exact) mass is 532 g/mol. The largest absolute Gasteiger partial charge is 0.465 e. The van der Waals surface area contributed by atoms with Gasteiger partial charge in [0.05, 0.1) is 39.7 Å². The van der Waals surface area contributed by atoms with E-state index in [1.807, 2.05) is 0 Å². The Morgan fingerprint density at radius 2 is 1.74 bits per heavy atom. The zero-order valence-corrected chi connectivity index (χ0v) is 20.1. The number of hydrogen-bond donors (Lipinski definition) is 0. The second-order valence-corrected chi connectivity index (χ2v) is 9.84. The fourth-order valence-corrected chi connectivity index (χ4v) is 5.04. The number of aryl methyl sites for hydroxylation is 1. The van der Waals surface area contributed by atoms with E-state index in [2.05, 4.69) is 9.72 Å². The van der Waals surface area contributed by atoms with Gasteiger partial charge in [-0.2, -0.15) is 13.2 Å². The number of anilines is 1. The van der Waals surface area contributed by atoms with Crippen molar-refractivity contribution >= 4 is 45.0 Å². The zero-order chi connectivity index (χ0) is 25.3. The van der Waals surface area contributed by atoms with Gasteiger partial charge >= 0.3 is 12.1 Å². The molecule has 180 valence electrons. The maximum Gasteiger partial charge on any atom is 0.417 e. The molecule has 2 aromatic carbocycles. The molecule has 6 nitrogen and oxygen atoms in total. The third-order valence-corrected chi connectivity index (χ3v) is 7.07. The Balaban J connectivity index is 2.12. The van der Waals surface area contributed by atoms with E-state index in [0.29, 0.717) is 5.56 Å². The van der Waals surface area contributed by atoms with Crippen LogP contribution < -0.4 is 4.31 Å². The average molecular weight is 533 g/mol. The Morgan fingerprint density at radius 3 is 2.29 bits per heavy atom. The number of methoxy groups -OCH3 is 1. The number of hydrogen-bond acceptors (Lipinski definition) is 5. The maximum atomic E-state index is 13.6. The highest BCUT2D eigenvalue weighted by atomic mass is 35.5. The maximum absolute atomic E-state index is 13.6. The van der Waals surface area contributed by atoms with Gasteiger partial charge in [0.1, 0.15) is 5.82 Å². The third-order valence-electron chi connectivity index (χ3n) is 4.78. The van der Waals surface area contributed by atoms with Crippen LogP contribution in [0.25, 0.3) is 0 Å². The van der Waals surface area contributed by atoms with E-state index in [0.717, 1.165) is 16.4 Å². The molecule has 34 heavy (non-hydrogen) atoms. The third kappa shape index (κ3) is 5.45. The van der Waals surface area contributed by atoms with Crippen molar-refractivity contribution in [1.29, 1.82) is 0 Å². The van der Waals surface area contributed by atoms with E-state index >= 15 is 0 Å². The summed E-state index contributed by atoms with van der Waals surface area (Å²) >= 11 is 11.6. The number of sulfonamides is 1. The van der Waals surface area contributed by atoms with Crippen LogP contribution in [0.4, 0.5) is 19.0 Å². The minimum atomic E-state index is -4.73. The van der Waals surface area contributed by atoms with E-state index in [9.17, 15) is 26.4 Å². The summed E-state index contributed by atoms with van der Waals surface area (Å²) in [6, 6.07) is 9.55. The number of nitrogens with zero attached hydrogens (tertiary/aromatic N) is 2. The Bertz CT molecular complexity index is 1330. The molecule has 0 amide bonds. The van der Waals surface area contributed by atoms with Gasteiger partial charge in [-0.05, 0) is 60.5 Å². The van der Waals surface area contributed by atoms with Crippen LogP contribution in [0.3, 0.4) is 0 Å². The van der Waals surface area contributed by atoms with Gasteiger partial charge in [-0.15, -0.1) is 0 Å². The molecule has 0 radical (unpaired) electrons. The number of carbonyl (C=O) groups excluding carboxylic acids is 1. The molecule has 1 aromatic heterocycles. The summed E-state index contributed by atoms with van der Waals surface area (Å²) in [5.74, 6) is -0.679. The Kier molecular flexibility index (Phi) is 7.44. The van der Waals surface area contributed by atoms with E-state index < -0.39 is 39.3 Å². The molecule has 12 heteroatoms. The van der Waals surface area contributed by atoms with Crippen molar-refractivity contribution in [2.45, 2.75) is 24.5 Å². The van der Waals surface area contributed by atoms with Crippen LogP contribution in [0.15, 0.2) is 59.6 Å². The fourth-order valence-electron chi connectivity index (χ4n) is 3.13. The molecular formula is C22H17Cl2F3N2O4S. The lowest BCUT2D eigenvalue weighted by molar-refractivity contribution is -0.137. The van der Waals surface area contributed by atoms with Crippen LogP contribution in [-0.4, -0.2) is 26.5 Å². The summed E-state index contributed by atoms with van der Waals surface area (Å²) in [4.78, 5) is 15.6. The van der Waals surface area contributed by atoms with Crippen LogP contribution in [0.2, 0.25) is 10.0 Å². The van der Waals surface area contributed by atoms with Crippen molar-refractivity contribution in [3.8, 4) is 0 Å². The second-order valence-electron chi connectivity index (χ2n) is 7.13. The van der Waals surface area contributed by atoms with Gasteiger partial charge < -0.3 is 4.74 Å². The van der Waals surface area contributed by atoms with Crippen LogP contribution in [0.5, 0.6) is 0 Å². The Labute approximate surface area is 203 Å². The highest BCUT2D eigenvalue weighted by Crippen LogP contribution is 2.36. The van der Waals surface area contributed by atoms with Crippen LogP contribution in [0, 0.1) is 6.92 Å². The molecule has 1 heterocycles. The smallest absolute Gasteiger partial charge is 0.417 e. The highest BCUT2D eigenvalue weighted by Gasteiger charge is 2.34. The van der Waals surface area contributed by atoms with Crippen LogP contribution in [0.1, 0.15) is 27.0 Å². The molecule has 0 N–H and O–H groups in total. The number of aromatic nitrogens is 1. The first-order valence-corrected chi connectivity index (χ1v) is 11.7. The number of alkyl halides is 3. The van der Waals surface area contributed by atoms with Crippen LogP contribution in [-0.2, 0) is 27.5 Å². The molecule has 0 spiro atoms. The van der Waals surface area contributed by atoms with Gasteiger partial charge in [-0.1, -0.05) is 29.3 Å². The lowest BCUT2D eigenvalue weighted by Gasteiger charge is -2.25. The van der Waals surface area contributed by atoms with Gasteiger partial charge in [0.15, 0.2) is 0 Å². The van der Waals surface area contributed by atoms with Crippen molar-refractivity contribution in [3.63, 3.8) is 0 Å². The van der Waals surface area contributed by atoms with Crippen molar-refractivity contribution in [2.24, 2.45) is 0 Å². The number of rotatable bonds is 6.